The van der Waals surface area contributed by atoms with Gasteiger partial charge in [0.25, 0.3) is 5.91 Å². The first kappa shape index (κ1) is 18.6. The van der Waals surface area contributed by atoms with Crippen molar-refractivity contribution in [1.29, 1.82) is 0 Å². The number of nitrogens with one attached hydrogen (secondary N) is 1. The molecule has 3 rings (SSSR count). The molecule has 138 valence electrons. The smallest absolute Gasteiger partial charge is 0.271 e. The van der Waals surface area contributed by atoms with Crippen molar-refractivity contribution in [1.82, 2.24) is 15.2 Å². The van der Waals surface area contributed by atoms with E-state index in [4.69, 9.17) is 0 Å². The highest BCUT2D eigenvalue weighted by atomic mass is 32.1. The summed E-state index contributed by atoms with van der Waals surface area (Å²) >= 11 is 1.50. The lowest BCUT2D eigenvalue weighted by Crippen LogP contribution is -2.51. The number of rotatable bonds is 5. The molecule has 1 N–H and O–H groups in total. The van der Waals surface area contributed by atoms with E-state index in [0.29, 0.717) is 12.1 Å². The van der Waals surface area contributed by atoms with Crippen molar-refractivity contribution in [2.45, 2.75) is 45.6 Å². The maximum absolute atomic E-state index is 13.1. The highest BCUT2D eigenvalue weighted by molar-refractivity contribution is 7.11. The molecule has 1 aliphatic rings. The van der Waals surface area contributed by atoms with Crippen LogP contribution in [-0.4, -0.2) is 40.8 Å². The monoisotopic (exact) mass is 371 g/mol. The second-order valence-electron chi connectivity index (χ2n) is 6.74. The molecule has 0 radical (unpaired) electrons. The summed E-state index contributed by atoms with van der Waals surface area (Å²) in [4.78, 5) is 32.9. The molecular formula is C20H25N3O2S. The fourth-order valence-corrected chi connectivity index (χ4v) is 4.17. The standard InChI is InChI=1S/C20H25N3O2S/c1-14-18(21-15(2)26-14)19(24)22-17(13-16-9-5-3-6-10-16)20(25)23-11-7-4-8-12-23/h3,5-6,9-10,17H,4,7-8,11-13H2,1-2H3,(H,22,24)/t17-/m0/s1. The van der Waals surface area contributed by atoms with Gasteiger partial charge >= 0.3 is 0 Å². The van der Waals surface area contributed by atoms with Crippen molar-refractivity contribution in [2.24, 2.45) is 0 Å². The molecule has 1 aliphatic heterocycles. The number of amides is 2. The number of nitrogens with zero attached hydrogens (tertiary/aromatic N) is 2. The lowest BCUT2D eigenvalue weighted by molar-refractivity contribution is -0.134. The number of likely N-dealkylation sites (tertiary alicyclic amines) is 1. The molecule has 0 spiro atoms. The molecule has 1 saturated heterocycles. The van der Waals surface area contributed by atoms with Crippen molar-refractivity contribution in [3.05, 3.63) is 51.5 Å². The van der Waals surface area contributed by atoms with E-state index in [2.05, 4.69) is 10.3 Å². The Morgan fingerprint density at radius 3 is 2.46 bits per heavy atom. The van der Waals surface area contributed by atoms with Gasteiger partial charge in [-0.15, -0.1) is 11.3 Å². The third-order valence-corrected chi connectivity index (χ3v) is 5.56. The number of aromatic nitrogens is 1. The van der Waals surface area contributed by atoms with Crippen LogP contribution in [0.3, 0.4) is 0 Å². The van der Waals surface area contributed by atoms with E-state index in [0.717, 1.165) is 47.8 Å². The molecule has 0 unspecified atom stereocenters. The zero-order chi connectivity index (χ0) is 18.5. The molecule has 1 atom stereocenters. The fraction of sp³-hybridized carbons (Fsp3) is 0.450. The maximum atomic E-state index is 13.1. The highest BCUT2D eigenvalue weighted by Crippen LogP contribution is 2.17. The van der Waals surface area contributed by atoms with E-state index in [1.807, 2.05) is 49.1 Å². The van der Waals surface area contributed by atoms with Gasteiger partial charge in [0, 0.05) is 24.4 Å². The third kappa shape index (κ3) is 4.49. The second-order valence-corrected chi connectivity index (χ2v) is 8.15. The molecule has 0 saturated carbocycles. The molecule has 5 nitrogen and oxygen atoms in total. The molecule has 1 fully saturated rings. The lowest BCUT2D eigenvalue weighted by Gasteiger charge is -2.30. The Hall–Kier alpha value is -2.21. The molecule has 26 heavy (non-hydrogen) atoms. The summed E-state index contributed by atoms with van der Waals surface area (Å²) in [6.45, 7) is 5.32. The van der Waals surface area contributed by atoms with Crippen LogP contribution in [-0.2, 0) is 11.2 Å². The van der Waals surface area contributed by atoms with Crippen molar-refractivity contribution in [3.8, 4) is 0 Å². The predicted octanol–water partition coefficient (Wildman–Crippen LogP) is 3.11. The number of hydrogen-bond donors (Lipinski definition) is 1. The maximum Gasteiger partial charge on any atom is 0.271 e. The Balaban J connectivity index is 1.78. The van der Waals surface area contributed by atoms with E-state index in [9.17, 15) is 9.59 Å². The molecule has 1 aromatic carbocycles. The van der Waals surface area contributed by atoms with Crippen LogP contribution < -0.4 is 5.32 Å². The van der Waals surface area contributed by atoms with Gasteiger partial charge in [0.2, 0.25) is 5.91 Å². The Kier molecular flexibility index (Phi) is 6.04. The van der Waals surface area contributed by atoms with Crippen LogP contribution in [0.15, 0.2) is 30.3 Å². The predicted molar refractivity (Wildman–Crippen MR) is 103 cm³/mol. The third-order valence-electron chi connectivity index (χ3n) is 4.67. The van der Waals surface area contributed by atoms with Crippen LogP contribution in [0.25, 0.3) is 0 Å². The van der Waals surface area contributed by atoms with Crippen LogP contribution in [0.1, 0.15) is 45.2 Å². The van der Waals surface area contributed by atoms with Gasteiger partial charge < -0.3 is 10.2 Å². The Labute approximate surface area is 158 Å². The summed E-state index contributed by atoms with van der Waals surface area (Å²) in [5.74, 6) is -0.260. The first-order chi connectivity index (χ1) is 12.5. The molecule has 2 heterocycles. The first-order valence-electron chi connectivity index (χ1n) is 9.12. The molecule has 2 amide bonds. The van der Waals surface area contributed by atoms with Crippen LogP contribution in [0.2, 0.25) is 0 Å². The van der Waals surface area contributed by atoms with E-state index in [1.54, 1.807) is 0 Å². The van der Waals surface area contributed by atoms with Gasteiger partial charge in [0.1, 0.15) is 11.7 Å². The van der Waals surface area contributed by atoms with Crippen molar-refractivity contribution < 1.29 is 9.59 Å². The average Bonchev–Trinajstić information content (AvgIpc) is 3.00. The van der Waals surface area contributed by atoms with Crippen molar-refractivity contribution in [2.75, 3.05) is 13.1 Å². The molecular weight excluding hydrogens is 346 g/mol. The van der Waals surface area contributed by atoms with Gasteiger partial charge in [-0.05, 0) is 38.7 Å². The van der Waals surface area contributed by atoms with Crippen LogP contribution in [0, 0.1) is 13.8 Å². The van der Waals surface area contributed by atoms with E-state index >= 15 is 0 Å². The summed E-state index contributed by atoms with van der Waals surface area (Å²) in [6, 6.07) is 9.26. The number of piperidine rings is 1. The number of hydrogen-bond acceptors (Lipinski definition) is 4. The van der Waals surface area contributed by atoms with Gasteiger partial charge in [0.15, 0.2) is 0 Å². The van der Waals surface area contributed by atoms with Crippen LogP contribution in [0.4, 0.5) is 0 Å². The van der Waals surface area contributed by atoms with Gasteiger partial charge in [-0.25, -0.2) is 4.98 Å². The minimum absolute atomic E-state index is 0.00603. The van der Waals surface area contributed by atoms with Gasteiger partial charge in [0.05, 0.1) is 5.01 Å². The number of carbonyl (C=O) groups is 2. The summed E-state index contributed by atoms with van der Waals surface area (Å²) in [5.41, 5.74) is 1.46. The SMILES string of the molecule is Cc1nc(C(=O)N[C@@H](Cc2ccccc2)C(=O)N2CCCCC2)c(C)s1. The second kappa shape index (κ2) is 8.45. The average molecular weight is 372 g/mol. The lowest BCUT2D eigenvalue weighted by atomic mass is 10.0. The highest BCUT2D eigenvalue weighted by Gasteiger charge is 2.28. The first-order valence-corrected chi connectivity index (χ1v) is 9.94. The molecule has 0 bridgehead atoms. The quantitative estimate of drug-likeness (QED) is 0.878. The number of aryl methyl sites for hydroxylation is 2. The zero-order valence-electron chi connectivity index (χ0n) is 15.3. The summed E-state index contributed by atoms with van der Waals surface area (Å²) < 4.78 is 0. The fourth-order valence-electron chi connectivity index (χ4n) is 3.35. The van der Waals surface area contributed by atoms with E-state index in [1.165, 1.54) is 11.3 Å². The Morgan fingerprint density at radius 1 is 1.15 bits per heavy atom. The summed E-state index contributed by atoms with van der Waals surface area (Å²) in [7, 11) is 0. The largest absolute Gasteiger partial charge is 0.341 e. The van der Waals surface area contributed by atoms with Gasteiger partial charge in [-0.2, -0.15) is 0 Å². The number of thiazole rings is 1. The molecule has 2 aromatic rings. The molecule has 0 aliphatic carbocycles. The van der Waals surface area contributed by atoms with Crippen molar-refractivity contribution >= 4 is 23.2 Å². The van der Waals surface area contributed by atoms with E-state index < -0.39 is 6.04 Å². The number of benzene rings is 1. The van der Waals surface area contributed by atoms with Crippen LogP contribution in [0.5, 0.6) is 0 Å². The van der Waals surface area contributed by atoms with Gasteiger partial charge in [-0.1, -0.05) is 30.3 Å². The summed E-state index contributed by atoms with van der Waals surface area (Å²) in [6.07, 6.45) is 3.71. The molecule has 6 heteroatoms. The Bertz CT molecular complexity index is 767. The normalized spacial score (nSPS) is 15.5. The topological polar surface area (TPSA) is 62.3 Å². The van der Waals surface area contributed by atoms with E-state index in [-0.39, 0.29) is 11.8 Å². The minimum Gasteiger partial charge on any atom is -0.341 e. The van der Waals surface area contributed by atoms with Crippen molar-refractivity contribution in [3.63, 3.8) is 0 Å². The number of carbonyl (C=O) groups excluding carboxylic acids is 2. The zero-order valence-corrected chi connectivity index (χ0v) is 16.1. The minimum atomic E-state index is -0.565. The van der Waals surface area contributed by atoms with Gasteiger partial charge in [-0.3, -0.25) is 9.59 Å². The van der Waals surface area contributed by atoms with Crippen LogP contribution >= 0.6 is 11.3 Å². The summed E-state index contributed by atoms with van der Waals surface area (Å²) in [5, 5.41) is 3.80. The molecule has 1 aromatic heterocycles. The Morgan fingerprint density at radius 2 is 1.85 bits per heavy atom.